The molecule has 92 valence electrons. The van der Waals surface area contributed by atoms with Crippen molar-refractivity contribution in [1.29, 1.82) is 5.26 Å². The van der Waals surface area contributed by atoms with Gasteiger partial charge in [-0.15, -0.1) is 0 Å². The van der Waals surface area contributed by atoms with Crippen LogP contribution in [0.2, 0.25) is 0 Å². The van der Waals surface area contributed by atoms with E-state index in [1.165, 1.54) is 0 Å². The molecule has 0 bridgehead atoms. The molecule has 0 aliphatic carbocycles. The standard InChI is InChI=1S/C11H18N6/c1-2-4-17-11(14-9-15-17)8-16-5-3-13-7-10(16)6-12/h9-10,13H,2-5,7-8H2,1H3. The normalized spacial score (nSPS) is 21.3. The molecular formula is C11H18N6. The summed E-state index contributed by atoms with van der Waals surface area (Å²) in [6, 6.07) is 2.26. The maximum atomic E-state index is 9.09. The number of hydrogen-bond donors (Lipinski definition) is 1. The van der Waals surface area contributed by atoms with Crippen LogP contribution in [0.4, 0.5) is 0 Å². The van der Waals surface area contributed by atoms with E-state index in [0.29, 0.717) is 6.54 Å². The first-order valence-corrected chi connectivity index (χ1v) is 6.06. The molecule has 2 rings (SSSR count). The molecule has 0 saturated carbocycles. The molecule has 6 nitrogen and oxygen atoms in total. The van der Waals surface area contributed by atoms with Gasteiger partial charge in [0.05, 0.1) is 12.6 Å². The van der Waals surface area contributed by atoms with Crippen LogP contribution in [0.5, 0.6) is 0 Å². The molecule has 0 aromatic carbocycles. The molecule has 0 spiro atoms. The van der Waals surface area contributed by atoms with Crippen molar-refractivity contribution in [1.82, 2.24) is 25.0 Å². The highest BCUT2D eigenvalue weighted by molar-refractivity contribution is 4.98. The zero-order chi connectivity index (χ0) is 12.1. The molecule has 2 heterocycles. The summed E-state index contributed by atoms with van der Waals surface area (Å²) in [5.41, 5.74) is 0. The molecule has 17 heavy (non-hydrogen) atoms. The molecule has 1 aliphatic rings. The van der Waals surface area contributed by atoms with Crippen molar-refractivity contribution in [3.63, 3.8) is 0 Å². The predicted octanol–water partition coefficient (Wildman–Crippen LogP) is -0.0145. The molecule has 1 atom stereocenters. The number of nitrogens with one attached hydrogen (secondary N) is 1. The molecule has 1 aliphatic heterocycles. The van der Waals surface area contributed by atoms with Gasteiger partial charge in [-0.05, 0) is 6.42 Å². The molecule has 6 heteroatoms. The third-order valence-corrected chi connectivity index (χ3v) is 2.98. The summed E-state index contributed by atoms with van der Waals surface area (Å²) < 4.78 is 1.93. The summed E-state index contributed by atoms with van der Waals surface area (Å²) in [5.74, 6) is 0.953. The van der Waals surface area contributed by atoms with Gasteiger partial charge in [0.2, 0.25) is 0 Å². The highest BCUT2D eigenvalue weighted by Gasteiger charge is 2.23. The van der Waals surface area contributed by atoms with E-state index >= 15 is 0 Å². The van der Waals surface area contributed by atoms with E-state index in [9.17, 15) is 0 Å². The average Bonchev–Trinajstić information content (AvgIpc) is 2.78. The van der Waals surface area contributed by atoms with Crippen molar-refractivity contribution in [3.8, 4) is 6.07 Å². The van der Waals surface area contributed by atoms with Crippen molar-refractivity contribution in [3.05, 3.63) is 12.2 Å². The van der Waals surface area contributed by atoms with Gasteiger partial charge in [-0.3, -0.25) is 4.90 Å². The van der Waals surface area contributed by atoms with Gasteiger partial charge >= 0.3 is 0 Å². The number of nitrogens with zero attached hydrogens (tertiary/aromatic N) is 5. The van der Waals surface area contributed by atoms with Crippen LogP contribution >= 0.6 is 0 Å². The van der Waals surface area contributed by atoms with Gasteiger partial charge in [0, 0.05) is 26.2 Å². The lowest BCUT2D eigenvalue weighted by molar-refractivity contribution is 0.181. The van der Waals surface area contributed by atoms with Crippen LogP contribution < -0.4 is 5.32 Å². The van der Waals surface area contributed by atoms with Crippen LogP contribution in [0.3, 0.4) is 0 Å². The van der Waals surface area contributed by atoms with Crippen molar-refractivity contribution in [2.75, 3.05) is 19.6 Å². The highest BCUT2D eigenvalue weighted by atomic mass is 15.4. The number of nitriles is 1. The molecule has 0 radical (unpaired) electrons. The number of rotatable bonds is 4. The highest BCUT2D eigenvalue weighted by Crippen LogP contribution is 2.08. The molecule has 1 fully saturated rings. The van der Waals surface area contributed by atoms with Crippen LogP contribution in [0.25, 0.3) is 0 Å². The fourth-order valence-electron chi connectivity index (χ4n) is 2.05. The van der Waals surface area contributed by atoms with E-state index in [1.807, 2.05) is 4.68 Å². The maximum absolute atomic E-state index is 9.09. The zero-order valence-corrected chi connectivity index (χ0v) is 10.1. The Bertz CT molecular complexity index is 393. The summed E-state index contributed by atoms with van der Waals surface area (Å²) >= 11 is 0. The van der Waals surface area contributed by atoms with Crippen LogP contribution in [0.15, 0.2) is 6.33 Å². The summed E-state index contributed by atoms with van der Waals surface area (Å²) in [5, 5.41) is 16.5. The van der Waals surface area contributed by atoms with E-state index in [2.05, 4.69) is 33.3 Å². The van der Waals surface area contributed by atoms with Gasteiger partial charge in [0.15, 0.2) is 0 Å². The van der Waals surface area contributed by atoms with Gasteiger partial charge < -0.3 is 5.32 Å². The third-order valence-electron chi connectivity index (χ3n) is 2.98. The second-order valence-electron chi connectivity index (χ2n) is 4.22. The van der Waals surface area contributed by atoms with E-state index in [4.69, 9.17) is 5.26 Å². The van der Waals surface area contributed by atoms with Crippen molar-refractivity contribution < 1.29 is 0 Å². The summed E-state index contributed by atoms with van der Waals surface area (Å²) in [6.07, 6.45) is 2.63. The minimum absolute atomic E-state index is 0.0597. The van der Waals surface area contributed by atoms with Gasteiger partial charge in [0.25, 0.3) is 0 Å². The second-order valence-corrected chi connectivity index (χ2v) is 4.22. The number of piperazine rings is 1. The first-order valence-electron chi connectivity index (χ1n) is 6.06. The minimum atomic E-state index is -0.0597. The zero-order valence-electron chi connectivity index (χ0n) is 10.1. The SMILES string of the molecule is CCCn1ncnc1CN1CCNCC1C#N. The smallest absolute Gasteiger partial charge is 0.141 e. The first kappa shape index (κ1) is 12.0. The molecule has 1 saturated heterocycles. The van der Waals surface area contributed by atoms with Crippen LogP contribution in [-0.4, -0.2) is 45.3 Å². The minimum Gasteiger partial charge on any atom is -0.313 e. The predicted molar refractivity (Wildman–Crippen MR) is 63.0 cm³/mol. The third kappa shape index (κ3) is 2.81. The summed E-state index contributed by atoms with van der Waals surface area (Å²) in [7, 11) is 0. The van der Waals surface area contributed by atoms with Crippen LogP contribution in [0.1, 0.15) is 19.2 Å². The maximum Gasteiger partial charge on any atom is 0.141 e. The molecule has 1 aromatic heterocycles. The molecule has 1 N–H and O–H groups in total. The summed E-state index contributed by atoms with van der Waals surface area (Å²) in [4.78, 5) is 6.44. The van der Waals surface area contributed by atoms with E-state index in [1.54, 1.807) is 6.33 Å². The van der Waals surface area contributed by atoms with Gasteiger partial charge in [-0.2, -0.15) is 10.4 Å². The molecular weight excluding hydrogens is 216 g/mol. The number of aryl methyl sites for hydroxylation is 1. The Kier molecular flexibility index (Phi) is 4.07. The lowest BCUT2D eigenvalue weighted by Crippen LogP contribution is -2.50. The fraction of sp³-hybridized carbons (Fsp3) is 0.727. The largest absolute Gasteiger partial charge is 0.313 e. The van der Waals surface area contributed by atoms with Crippen molar-refractivity contribution >= 4 is 0 Å². The lowest BCUT2D eigenvalue weighted by atomic mass is 10.2. The quantitative estimate of drug-likeness (QED) is 0.793. The topological polar surface area (TPSA) is 69.8 Å². The lowest BCUT2D eigenvalue weighted by Gasteiger charge is -2.31. The monoisotopic (exact) mass is 234 g/mol. The van der Waals surface area contributed by atoms with E-state index in [0.717, 1.165) is 38.4 Å². The Morgan fingerprint density at radius 1 is 1.65 bits per heavy atom. The second kappa shape index (κ2) is 5.75. The van der Waals surface area contributed by atoms with Crippen molar-refractivity contribution in [2.45, 2.75) is 32.5 Å². The summed E-state index contributed by atoms with van der Waals surface area (Å²) in [6.45, 7) is 6.27. The van der Waals surface area contributed by atoms with Gasteiger partial charge in [-0.25, -0.2) is 9.67 Å². The van der Waals surface area contributed by atoms with Gasteiger partial charge in [0.1, 0.15) is 18.2 Å². The fourth-order valence-corrected chi connectivity index (χ4v) is 2.05. The van der Waals surface area contributed by atoms with Crippen LogP contribution in [-0.2, 0) is 13.1 Å². The van der Waals surface area contributed by atoms with Crippen molar-refractivity contribution in [2.24, 2.45) is 0 Å². The van der Waals surface area contributed by atoms with Gasteiger partial charge in [-0.1, -0.05) is 6.92 Å². The number of hydrogen-bond acceptors (Lipinski definition) is 5. The first-order chi connectivity index (χ1) is 8.35. The molecule has 0 amide bonds. The van der Waals surface area contributed by atoms with E-state index in [-0.39, 0.29) is 6.04 Å². The Labute approximate surface area is 101 Å². The van der Waals surface area contributed by atoms with E-state index < -0.39 is 0 Å². The molecule has 1 aromatic rings. The Morgan fingerprint density at radius 2 is 2.53 bits per heavy atom. The Hall–Kier alpha value is -1.45. The Balaban J connectivity index is 2.03. The molecule has 1 unspecified atom stereocenters. The Morgan fingerprint density at radius 3 is 3.29 bits per heavy atom. The number of aromatic nitrogens is 3. The average molecular weight is 234 g/mol. The van der Waals surface area contributed by atoms with Crippen LogP contribution in [0, 0.1) is 11.3 Å².